The number of aliphatic hydroxyl groups excluding tert-OH is 1. The number of rotatable bonds is 7. The molecule has 1 unspecified atom stereocenters. The van der Waals surface area contributed by atoms with Gasteiger partial charge in [-0.15, -0.1) is 11.3 Å². The van der Waals surface area contributed by atoms with E-state index in [2.05, 4.69) is 11.8 Å². The lowest BCUT2D eigenvalue weighted by atomic mass is 10.2. The molecule has 0 aliphatic carbocycles. The first-order chi connectivity index (χ1) is 9.27. The van der Waals surface area contributed by atoms with E-state index in [0.717, 1.165) is 6.54 Å². The molecule has 1 rings (SSSR count). The Morgan fingerprint density at radius 3 is 2.45 bits per heavy atom. The first-order valence-electron chi connectivity index (χ1n) is 6.65. The minimum atomic E-state index is -0.685. The van der Waals surface area contributed by atoms with Crippen molar-refractivity contribution in [3.63, 3.8) is 0 Å². The molecular formula is C13H23N3O3S. The first-order valence-corrected chi connectivity index (χ1v) is 7.47. The maximum Gasteiger partial charge on any atom is 0.304 e. The molecule has 7 heteroatoms. The van der Waals surface area contributed by atoms with Gasteiger partial charge in [0.05, 0.1) is 11.0 Å². The molecule has 6 nitrogen and oxygen atoms in total. The Balaban J connectivity index is 3.16. The third-order valence-corrected chi connectivity index (χ3v) is 4.42. The molecule has 114 valence electrons. The number of hydrogen-bond acceptors (Lipinski definition) is 6. The SMILES string of the molecule is CCN(c1sc([C@H](C)O)cc1[N+](=O)[O-])C(C)CN(C)C. The Bertz CT molecular complexity index is 460. The highest BCUT2D eigenvalue weighted by atomic mass is 32.1. The molecule has 0 aliphatic heterocycles. The fraction of sp³-hybridized carbons (Fsp3) is 0.692. The van der Waals surface area contributed by atoms with Gasteiger partial charge in [0.1, 0.15) is 0 Å². The van der Waals surface area contributed by atoms with E-state index in [1.54, 1.807) is 6.92 Å². The summed E-state index contributed by atoms with van der Waals surface area (Å²) in [6.45, 7) is 7.16. The molecule has 2 atom stereocenters. The van der Waals surface area contributed by atoms with Gasteiger partial charge >= 0.3 is 5.69 Å². The van der Waals surface area contributed by atoms with Gasteiger partial charge in [-0.25, -0.2) is 0 Å². The topological polar surface area (TPSA) is 69.8 Å². The van der Waals surface area contributed by atoms with Gasteiger partial charge in [0.15, 0.2) is 5.00 Å². The summed E-state index contributed by atoms with van der Waals surface area (Å²) in [5.74, 6) is 0. The molecule has 0 radical (unpaired) electrons. The van der Waals surface area contributed by atoms with Gasteiger partial charge in [-0.2, -0.15) is 0 Å². The molecule has 0 aromatic carbocycles. The minimum Gasteiger partial charge on any atom is -0.388 e. The third-order valence-electron chi connectivity index (χ3n) is 3.08. The lowest BCUT2D eigenvalue weighted by Gasteiger charge is -2.30. The van der Waals surface area contributed by atoms with Crippen LogP contribution in [0.4, 0.5) is 10.7 Å². The fourth-order valence-corrected chi connectivity index (χ4v) is 3.44. The summed E-state index contributed by atoms with van der Waals surface area (Å²) in [5, 5.41) is 21.5. The monoisotopic (exact) mass is 301 g/mol. The first kappa shape index (κ1) is 16.9. The van der Waals surface area contributed by atoms with E-state index in [1.807, 2.05) is 25.9 Å². The van der Waals surface area contributed by atoms with E-state index in [-0.39, 0.29) is 16.7 Å². The number of aliphatic hydroxyl groups is 1. The minimum absolute atomic E-state index is 0.0818. The predicted molar refractivity (Wildman–Crippen MR) is 82.6 cm³/mol. The highest BCUT2D eigenvalue weighted by Gasteiger charge is 2.27. The standard InChI is InChI=1S/C13H23N3O3S/c1-6-15(9(2)8-14(4)5)13-11(16(18)19)7-12(20-13)10(3)17/h7,9-10,17H,6,8H2,1-5H3/t9?,10-/m0/s1. The summed E-state index contributed by atoms with van der Waals surface area (Å²) in [6, 6.07) is 1.64. The molecule has 1 aromatic rings. The van der Waals surface area contributed by atoms with Gasteiger partial charge in [-0.1, -0.05) is 0 Å². The maximum absolute atomic E-state index is 11.2. The van der Waals surface area contributed by atoms with E-state index in [1.165, 1.54) is 17.4 Å². The average molecular weight is 301 g/mol. The Morgan fingerprint density at radius 2 is 2.05 bits per heavy atom. The second-order valence-electron chi connectivity index (χ2n) is 5.17. The van der Waals surface area contributed by atoms with Gasteiger partial charge in [-0.3, -0.25) is 10.1 Å². The van der Waals surface area contributed by atoms with Crippen LogP contribution in [0.2, 0.25) is 0 Å². The lowest BCUT2D eigenvalue weighted by Crippen LogP contribution is -2.39. The molecule has 0 spiro atoms. The van der Waals surface area contributed by atoms with Crippen LogP contribution >= 0.6 is 11.3 Å². The summed E-state index contributed by atoms with van der Waals surface area (Å²) in [7, 11) is 3.96. The summed E-state index contributed by atoms with van der Waals surface area (Å²) in [6.07, 6.45) is -0.685. The molecule has 0 amide bonds. The van der Waals surface area contributed by atoms with Crippen LogP contribution < -0.4 is 4.90 Å². The third kappa shape index (κ3) is 3.91. The van der Waals surface area contributed by atoms with Crippen molar-refractivity contribution in [3.05, 3.63) is 21.1 Å². The molecule has 20 heavy (non-hydrogen) atoms. The van der Waals surface area contributed by atoms with Crippen molar-refractivity contribution < 1.29 is 10.0 Å². The van der Waals surface area contributed by atoms with Gasteiger partial charge in [0.2, 0.25) is 0 Å². The predicted octanol–water partition coefficient (Wildman–Crippen LogP) is 2.49. The van der Waals surface area contributed by atoms with E-state index in [9.17, 15) is 15.2 Å². The lowest BCUT2D eigenvalue weighted by molar-refractivity contribution is -0.383. The molecule has 0 saturated carbocycles. The van der Waals surface area contributed by atoms with Crippen molar-refractivity contribution in [1.82, 2.24) is 4.90 Å². The van der Waals surface area contributed by atoms with Crippen molar-refractivity contribution in [1.29, 1.82) is 0 Å². The van der Waals surface area contributed by atoms with Crippen LogP contribution in [0.1, 0.15) is 31.8 Å². The normalized spacial score (nSPS) is 14.3. The Labute approximate surface area is 123 Å². The van der Waals surface area contributed by atoms with Crippen LogP contribution in [0.25, 0.3) is 0 Å². The molecule has 0 fully saturated rings. The van der Waals surface area contributed by atoms with Crippen molar-refractivity contribution in [2.24, 2.45) is 0 Å². The summed E-state index contributed by atoms with van der Waals surface area (Å²) in [5.41, 5.74) is 0.0818. The van der Waals surface area contributed by atoms with Gasteiger partial charge in [-0.05, 0) is 34.9 Å². The van der Waals surface area contributed by atoms with Crippen LogP contribution in [0.3, 0.4) is 0 Å². The fourth-order valence-electron chi connectivity index (χ4n) is 2.21. The number of likely N-dealkylation sites (N-methyl/N-ethyl adjacent to an activating group) is 2. The van der Waals surface area contributed by atoms with Crippen LogP contribution in [0.5, 0.6) is 0 Å². The zero-order valence-corrected chi connectivity index (χ0v) is 13.5. The van der Waals surface area contributed by atoms with Crippen LogP contribution in [-0.2, 0) is 0 Å². The van der Waals surface area contributed by atoms with E-state index < -0.39 is 6.10 Å². The number of anilines is 1. The molecule has 0 bridgehead atoms. The quantitative estimate of drug-likeness (QED) is 0.619. The summed E-state index contributed by atoms with van der Waals surface area (Å²) < 4.78 is 0. The Hall–Kier alpha value is -1.18. The summed E-state index contributed by atoms with van der Waals surface area (Å²) >= 11 is 1.30. The molecule has 0 aliphatic rings. The van der Waals surface area contributed by atoms with Gasteiger partial charge < -0.3 is 14.9 Å². The highest BCUT2D eigenvalue weighted by Crippen LogP contribution is 2.40. The van der Waals surface area contributed by atoms with Crippen molar-refractivity contribution >= 4 is 22.0 Å². The molecular weight excluding hydrogens is 278 g/mol. The summed E-state index contributed by atoms with van der Waals surface area (Å²) in [4.78, 5) is 15.6. The second kappa shape index (κ2) is 7.01. The van der Waals surface area contributed by atoms with Crippen molar-refractivity contribution in [3.8, 4) is 0 Å². The Kier molecular flexibility index (Phi) is 5.91. The zero-order valence-electron chi connectivity index (χ0n) is 12.7. The molecule has 1 heterocycles. The number of hydrogen-bond donors (Lipinski definition) is 1. The maximum atomic E-state index is 11.2. The smallest absolute Gasteiger partial charge is 0.304 e. The van der Waals surface area contributed by atoms with Crippen LogP contribution in [0.15, 0.2) is 6.07 Å². The largest absolute Gasteiger partial charge is 0.388 e. The second-order valence-corrected chi connectivity index (χ2v) is 6.23. The van der Waals surface area contributed by atoms with E-state index >= 15 is 0 Å². The molecule has 1 aromatic heterocycles. The van der Waals surface area contributed by atoms with Crippen LogP contribution in [-0.4, -0.2) is 48.2 Å². The Morgan fingerprint density at radius 1 is 1.45 bits per heavy atom. The van der Waals surface area contributed by atoms with Crippen molar-refractivity contribution in [2.45, 2.75) is 32.9 Å². The number of nitrogens with zero attached hydrogens (tertiary/aromatic N) is 3. The van der Waals surface area contributed by atoms with E-state index in [0.29, 0.717) is 16.4 Å². The van der Waals surface area contributed by atoms with Gasteiger partial charge in [0, 0.05) is 30.1 Å². The van der Waals surface area contributed by atoms with Crippen LogP contribution in [0, 0.1) is 10.1 Å². The van der Waals surface area contributed by atoms with E-state index in [4.69, 9.17) is 0 Å². The van der Waals surface area contributed by atoms with Gasteiger partial charge in [0.25, 0.3) is 0 Å². The average Bonchev–Trinajstić information content (AvgIpc) is 2.74. The molecule has 0 saturated heterocycles. The number of thiophene rings is 1. The number of nitro groups is 1. The van der Waals surface area contributed by atoms with Crippen molar-refractivity contribution in [2.75, 3.05) is 32.1 Å². The highest BCUT2D eigenvalue weighted by molar-refractivity contribution is 7.16. The zero-order chi connectivity index (χ0) is 15.4. The molecule has 1 N–H and O–H groups in total.